The predicted octanol–water partition coefficient (Wildman–Crippen LogP) is 2.90. The van der Waals surface area contributed by atoms with Gasteiger partial charge >= 0.3 is 0 Å². The molecule has 1 heterocycles. The van der Waals surface area contributed by atoms with Gasteiger partial charge in [-0.15, -0.1) is 0 Å². The van der Waals surface area contributed by atoms with Gasteiger partial charge in [0.15, 0.2) is 23.2 Å². The molecule has 3 rings (SSSR count). The zero-order chi connectivity index (χ0) is 18.4. The number of nitrogens with zero attached hydrogens (tertiary/aromatic N) is 1. The lowest BCUT2D eigenvalue weighted by atomic mass is 10.1. The highest BCUT2D eigenvalue weighted by atomic mass is 16.7. The molecule has 0 aromatic heterocycles. The maximum absolute atomic E-state index is 6.19. The summed E-state index contributed by atoms with van der Waals surface area (Å²) < 4.78 is 22.7. The highest BCUT2D eigenvalue weighted by Gasteiger charge is 2.41. The Bertz CT molecular complexity index is 627. The van der Waals surface area contributed by atoms with Crippen LogP contribution in [0.4, 0.5) is 5.69 Å². The third-order valence-electron chi connectivity index (χ3n) is 4.90. The number of rotatable bonds is 5. The van der Waals surface area contributed by atoms with Crippen molar-refractivity contribution in [2.45, 2.75) is 50.4 Å². The Morgan fingerprint density at radius 1 is 1.19 bits per heavy atom. The zero-order valence-corrected chi connectivity index (χ0v) is 15.6. The van der Waals surface area contributed by atoms with E-state index in [1.165, 1.54) is 25.7 Å². The molecule has 1 aliphatic carbocycles. The smallest absolute Gasteiger partial charge is 0.193 e. The lowest BCUT2D eigenvalue weighted by Crippen LogP contribution is -2.31. The first-order chi connectivity index (χ1) is 12.6. The fraction of sp³-hybridized carbons (Fsp3) is 0.632. The van der Waals surface area contributed by atoms with Gasteiger partial charge in [-0.3, -0.25) is 4.99 Å². The standard InChI is InChI=1S/C19H29N3O4/c1-23-16-8-7-14(11-17(16)24-2)22-18(20)21-12-15-13-25-19(26-15)9-5-3-4-6-10-19/h7-8,11,15H,3-6,9-10,12-13H2,1-2H3,(H3,20,21,22). The van der Waals surface area contributed by atoms with Crippen LogP contribution < -0.4 is 20.5 Å². The first-order valence-corrected chi connectivity index (χ1v) is 9.25. The molecule has 2 fully saturated rings. The highest BCUT2D eigenvalue weighted by Crippen LogP contribution is 2.36. The van der Waals surface area contributed by atoms with E-state index in [1.807, 2.05) is 18.2 Å². The van der Waals surface area contributed by atoms with Gasteiger partial charge < -0.3 is 30.0 Å². The third kappa shape index (κ3) is 4.59. The molecule has 7 heteroatoms. The number of guanidine groups is 1. The van der Waals surface area contributed by atoms with E-state index < -0.39 is 0 Å². The molecule has 1 unspecified atom stereocenters. The number of methoxy groups -OCH3 is 2. The van der Waals surface area contributed by atoms with E-state index in [1.54, 1.807) is 14.2 Å². The third-order valence-corrected chi connectivity index (χ3v) is 4.90. The van der Waals surface area contributed by atoms with Crippen LogP contribution in [0.3, 0.4) is 0 Å². The van der Waals surface area contributed by atoms with Crippen molar-refractivity contribution < 1.29 is 18.9 Å². The summed E-state index contributed by atoms with van der Waals surface area (Å²) in [5.74, 6) is 1.25. The Balaban J connectivity index is 1.54. The van der Waals surface area contributed by atoms with Crippen LogP contribution in [0.5, 0.6) is 11.5 Å². The van der Waals surface area contributed by atoms with Crippen LogP contribution in [0.25, 0.3) is 0 Å². The topological polar surface area (TPSA) is 87.3 Å². The summed E-state index contributed by atoms with van der Waals surface area (Å²) in [6.07, 6.45) is 6.77. The van der Waals surface area contributed by atoms with Crippen molar-refractivity contribution in [2.75, 3.05) is 32.7 Å². The van der Waals surface area contributed by atoms with Crippen molar-refractivity contribution in [3.8, 4) is 11.5 Å². The molecule has 26 heavy (non-hydrogen) atoms. The predicted molar refractivity (Wildman–Crippen MR) is 101 cm³/mol. The molecule has 1 aliphatic heterocycles. The van der Waals surface area contributed by atoms with E-state index in [9.17, 15) is 0 Å². The van der Waals surface area contributed by atoms with Crippen LogP contribution in [0.1, 0.15) is 38.5 Å². The second kappa shape index (κ2) is 8.60. The van der Waals surface area contributed by atoms with Gasteiger partial charge in [-0.25, -0.2) is 0 Å². The number of nitrogens with one attached hydrogen (secondary N) is 1. The Labute approximate surface area is 154 Å². The second-order valence-electron chi connectivity index (χ2n) is 6.80. The maximum atomic E-state index is 6.19. The molecular formula is C19H29N3O4. The summed E-state index contributed by atoms with van der Waals surface area (Å²) >= 11 is 0. The van der Waals surface area contributed by atoms with Crippen LogP contribution in [0, 0.1) is 0 Å². The fourth-order valence-electron chi connectivity index (χ4n) is 3.54. The first kappa shape index (κ1) is 18.8. The zero-order valence-electron chi connectivity index (χ0n) is 15.6. The minimum atomic E-state index is -0.387. The molecule has 1 aromatic carbocycles. The highest BCUT2D eigenvalue weighted by molar-refractivity contribution is 5.92. The summed E-state index contributed by atoms with van der Waals surface area (Å²) in [5.41, 5.74) is 6.80. The van der Waals surface area contributed by atoms with Gasteiger partial charge in [-0.05, 0) is 25.0 Å². The number of hydrogen-bond donors (Lipinski definition) is 2. The Morgan fingerprint density at radius 2 is 1.92 bits per heavy atom. The molecule has 1 atom stereocenters. The van der Waals surface area contributed by atoms with Crippen molar-refractivity contribution in [3.05, 3.63) is 18.2 Å². The van der Waals surface area contributed by atoms with E-state index >= 15 is 0 Å². The lowest BCUT2D eigenvalue weighted by Gasteiger charge is -2.26. The van der Waals surface area contributed by atoms with Crippen LogP contribution in [0.2, 0.25) is 0 Å². The van der Waals surface area contributed by atoms with Gasteiger partial charge in [-0.2, -0.15) is 0 Å². The number of benzene rings is 1. The van der Waals surface area contributed by atoms with Crippen LogP contribution in [0.15, 0.2) is 23.2 Å². The molecule has 2 aliphatic rings. The van der Waals surface area contributed by atoms with E-state index in [2.05, 4.69) is 10.3 Å². The molecule has 0 amide bonds. The first-order valence-electron chi connectivity index (χ1n) is 9.25. The van der Waals surface area contributed by atoms with Gasteiger partial charge in [0.2, 0.25) is 0 Å². The Hall–Kier alpha value is -1.99. The molecule has 1 saturated carbocycles. The average Bonchev–Trinajstić information content (AvgIpc) is 2.91. The molecule has 0 bridgehead atoms. The van der Waals surface area contributed by atoms with E-state index in [4.69, 9.17) is 24.7 Å². The van der Waals surface area contributed by atoms with Gasteiger partial charge in [-0.1, -0.05) is 12.8 Å². The molecule has 3 N–H and O–H groups in total. The fourth-order valence-corrected chi connectivity index (χ4v) is 3.54. The minimum Gasteiger partial charge on any atom is -0.493 e. The number of ether oxygens (including phenoxy) is 4. The van der Waals surface area contributed by atoms with Crippen molar-refractivity contribution in [3.63, 3.8) is 0 Å². The van der Waals surface area contributed by atoms with Gasteiger partial charge in [0.1, 0.15) is 6.10 Å². The molecule has 1 saturated heterocycles. The molecule has 0 radical (unpaired) electrons. The van der Waals surface area contributed by atoms with E-state index in [0.717, 1.165) is 18.5 Å². The van der Waals surface area contributed by atoms with Crippen molar-refractivity contribution in [2.24, 2.45) is 10.7 Å². The summed E-state index contributed by atoms with van der Waals surface area (Å²) in [6.45, 7) is 1.06. The van der Waals surface area contributed by atoms with Crippen molar-refractivity contribution >= 4 is 11.6 Å². The van der Waals surface area contributed by atoms with Crippen LogP contribution >= 0.6 is 0 Å². The quantitative estimate of drug-likeness (QED) is 0.618. The van der Waals surface area contributed by atoms with Gasteiger partial charge in [0.25, 0.3) is 0 Å². The van der Waals surface area contributed by atoms with Crippen molar-refractivity contribution in [1.82, 2.24) is 0 Å². The van der Waals surface area contributed by atoms with Gasteiger partial charge in [0, 0.05) is 24.6 Å². The van der Waals surface area contributed by atoms with Gasteiger partial charge in [0.05, 0.1) is 27.4 Å². The summed E-state index contributed by atoms with van der Waals surface area (Å²) in [6, 6.07) is 5.49. The normalized spacial score (nSPS) is 22.8. The van der Waals surface area contributed by atoms with Crippen molar-refractivity contribution in [1.29, 1.82) is 0 Å². The SMILES string of the molecule is COc1ccc(NC(N)=NCC2COC3(CCCCCC3)O2)cc1OC. The monoisotopic (exact) mass is 363 g/mol. The molecule has 1 aromatic rings. The average molecular weight is 363 g/mol. The largest absolute Gasteiger partial charge is 0.493 e. The number of anilines is 1. The molecular weight excluding hydrogens is 334 g/mol. The number of hydrogen-bond acceptors (Lipinski definition) is 5. The van der Waals surface area contributed by atoms with E-state index in [-0.39, 0.29) is 11.9 Å². The molecule has 7 nitrogen and oxygen atoms in total. The summed E-state index contributed by atoms with van der Waals surface area (Å²) in [7, 11) is 3.20. The van der Waals surface area contributed by atoms with Crippen LogP contribution in [-0.4, -0.2) is 45.2 Å². The Kier molecular flexibility index (Phi) is 6.21. The maximum Gasteiger partial charge on any atom is 0.193 e. The second-order valence-corrected chi connectivity index (χ2v) is 6.80. The van der Waals surface area contributed by atoms with E-state index in [0.29, 0.717) is 30.6 Å². The number of aliphatic imine (C=N–C) groups is 1. The summed E-state index contributed by atoms with van der Waals surface area (Å²) in [4.78, 5) is 4.41. The molecule has 144 valence electrons. The van der Waals surface area contributed by atoms with Crippen LogP contribution in [-0.2, 0) is 9.47 Å². The number of nitrogens with two attached hydrogens (primary N) is 1. The Morgan fingerprint density at radius 3 is 2.62 bits per heavy atom. The molecule has 1 spiro atoms. The minimum absolute atomic E-state index is 0.0427. The lowest BCUT2D eigenvalue weighted by molar-refractivity contribution is -0.174. The summed E-state index contributed by atoms with van der Waals surface area (Å²) in [5, 5.41) is 3.07.